The maximum absolute atomic E-state index is 13.5. The molecule has 0 saturated carbocycles. The van der Waals surface area contributed by atoms with E-state index in [1.165, 1.54) is 16.9 Å². The van der Waals surface area contributed by atoms with Crippen LogP contribution in [-0.4, -0.2) is 42.7 Å². The van der Waals surface area contributed by atoms with Crippen molar-refractivity contribution in [2.75, 3.05) is 25.7 Å². The third kappa shape index (κ3) is 5.93. The number of carbonyl (C=O) groups excluding carboxylic acids is 2. The molecule has 3 aromatic carbocycles. The van der Waals surface area contributed by atoms with Crippen molar-refractivity contribution in [3.63, 3.8) is 0 Å². The smallest absolute Gasteiger partial charge is 0.325 e. The Morgan fingerprint density at radius 3 is 2.21 bits per heavy atom. The molecule has 7 nitrogen and oxygen atoms in total. The molecule has 38 heavy (non-hydrogen) atoms. The van der Waals surface area contributed by atoms with Crippen LogP contribution < -0.4 is 14.4 Å². The molecule has 1 amide bonds. The molecule has 0 atom stereocenters. The summed E-state index contributed by atoms with van der Waals surface area (Å²) < 4.78 is 15.9. The van der Waals surface area contributed by atoms with Crippen LogP contribution in [0.15, 0.2) is 66.4 Å². The number of halogens is 2. The van der Waals surface area contributed by atoms with Crippen LogP contribution in [-0.2, 0) is 20.9 Å². The Kier molecular flexibility index (Phi) is 8.56. The number of amides is 1. The van der Waals surface area contributed by atoms with Gasteiger partial charge in [0.15, 0.2) is 10.9 Å². The van der Waals surface area contributed by atoms with Crippen molar-refractivity contribution < 1.29 is 23.8 Å². The van der Waals surface area contributed by atoms with Gasteiger partial charge in [-0.1, -0.05) is 53.0 Å². The molecule has 1 fully saturated rings. The number of anilines is 1. The summed E-state index contributed by atoms with van der Waals surface area (Å²) in [6, 6.07) is 18.0. The quantitative estimate of drug-likeness (QED) is 0.186. The highest BCUT2D eigenvalue weighted by molar-refractivity contribution is 7.80. The summed E-state index contributed by atoms with van der Waals surface area (Å²) in [5.41, 5.74) is 3.33. The first kappa shape index (κ1) is 27.4. The van der Waals surface area contributed by atoms with Crippen molar-refractivity contribution in [3.8, 4) is 11.5 Å². The number of hydrogen-bond donors (Lipinski definition) is 0. The summed E-state index contributed by atoms with van der Waals surface area (Å²) in [5, 5.41) is 0.680. The Morgan fingerprint density at radius 1 is 1.00 bits per heavy atom. The van der Waals surface area contributed by atoms with Crippen molar-refractivity contribution >= 4 is 64.2 Å². The fourth-order valence-electron chi connectivity index (χ4n) is 3.78. The number of benzene rings is 3. The number of thiocarbonyl (C=S) groups is 1. The van der Waals surface area contributed by atoms with Gasteiger partial charge in [-0.15, -0.1) is 0 Å². The lowest BCUT2D eigenvalue weighted by atomic mass is 10.1. The minimum absolute atomic E-state index is 0.132. The molecule has 0 N–H and O–H groups in total. The lowest BCUT2D eigenvalue weighted by Crippen LogP contribution is -2.35. The maximum atomic E-state index is 13.5. The summed E-state index contributed by atoms with van der Waals surface area (Å²) in [6.07, 6.45) is 1.57. The first-order valence-corrected chi connectivity index (χ1v) is 12.6. The van der Waals surface area contributed by atoms with Gasteiger partial charge in [0.1, 0.15) is 24.6 Å². The normalized spacial score (nSPS) is 14.3. The molecule has 196 valence electrons. The van der Waals surface area contributed by atoms with Gasteiger partial charge in [-0.05, 0) is 72.7 Å². The molecule has 1 heterocycles. The summed E-state index contributed by atoms with van der Waals surface area (Å²) in [4.78, 5) is 28.4. The molecule has 3 aromatic rings. The second-order valence-electron chi connectivity index (χ2n) is 8.40. The number of hydrogen-bond acceptors (Lipinski definition) is 6. The molecule has 4 rings (SSSR count). The van der Waals surface area contributed by atoms with E-state index in [9.17, 15) is 9.59 Å². The van der Waals surface area contributed by atoms with E-state index in [0.29, 0.717) is 22.7 Å². The summed E-state index contributed by atoms with van der Waals surface area (Å²) in [7, 11) is 2.82. The van der Waals surface area contributed by atoms with Crippen LogP contribution in [0.1, 0.15) is 16.7 Å². The van der Waals surface area contributed by atoms with E-state index in [1.807, 2.05) is 31.2 Å². The predicted octanol–water partition coefficient (Wildman–Crippen LogP) is 6.04. The number of nitrogens with zero attached hydrogens (tertiary/aromatic N) is 2. The van der Waals surface area contributed by atoms with Crippen LogP contribution in [0.3, 0.4) is 0 Å². The van der Waals surface area contributed by atoms with Crippen molar-refractivity contribution in [3.05, 3.63) is 93.1 Å². The van der Waals surface area contributed by atoms with Gasteiger partial charge in [-0.25, -0.2) is 0 Å². The monoisotopic (exact) mass is 570 g/mol. The van der Waals surface area contributed by atoms with E-state index < -0.39 is 11.9 Å². The number of carbonyl (C=O) groups is 2. The Balaban J connectivity index is 1.65. The van der Waals surface area contributed by atoms with Gasteiger partial charge in [0, 0.05) is 0 Å². The molecule has 0 aromatic heterocycles. The fourth-order valence-corrected chi connectivity index (χ4v) is 4.75. The van der Waals surface area contributed by atoms with Crippen LogP contribution in [0.4, 0.5) is 5.69 Å². The average Bonchev–Trinajstić information content (AvgIpc) is 3.13. The molecule has 0 bridgehead atoms. The van der Waals surface area contributed by atoms with Gasteiger partial charge in [0.05, 0.1) is 30.0 Å². The number of aryl methyl sites for hydroxylation is 1. The lowest BCUT2D eigenvalue weighted by Gasteiger charge is -2.19. The number of rotatable bonds is 8. The molecule has 0 radical (unpaired) electrons. The Labute approximate surface area is 236 Å². The topological polar surface area (TPSA) is 68.3 Å². The third-order valence-corrected chi connectivity index (χ3v) is 6.77. The first-order valence-electron chi connectivity index (χ1n) is 11.5. The fraction of sp³-hybridized carbons (Fsp3) is 0.179. The SMILES string of the molecule is COC(=O)CN1C(=S)N(c2ccc(OC)cc2)C(=O)/C1=C/c1cc(Cl)c(OCc2ccc(C)cc2)c(Cl)c1. The zero-order chi connectivity index (χ0) is 27.4. The van der Waals surface area contributed by atoms with Crippen LogP contribution in [0.25, 0.3) is 6.08 Å². The van der Waals surface area contributed by atoms with E-state index in [2.05, 4.69) is 0 Å². The van der Waals surface area contributed by atoms with Crippen LogP contribution >= 0.6 is 35.4 Å². The van der Waals surface area contributed by atoms with Gasteiger partial charge in [-0.3, -0.25) is 14.5 Å². The minimum Gasteiger partial charge on any atom is -0.497 e. The van der Waals surface area contributed by atoms with Crippen molar-refractivity contribution in [2.24, 2.45) is 0 Å². The zero-order valence-corrected chi connectivity index (χ0v) is 23.2. The van der Waals surface area contributed by atoms with Gasteiger partial charge in [-0.2, -0.15) is 0 Å². The molecular formula is C28H24Cl2N2O5S. The molecule has 10 heteroatoms. The third-order valence-electron chi connectivity index (χ3n) is 5.81. The molecular weight excluding hydrogens is 547 g/mol. The van der Waals surface area contributed by atoms with Gasteiger partial charge in [0.2, 0.25) is 0 Å². The lowest BCUT2D eigenvalue weighted by molar-refractivity contribution is -0.140. The molecule has 0 aliphatic carbocycles. The molecule has 0 spiro atoms. The predicted molar refractivity (Wildman–Crippen MR) is 152 cm³/mol. The summed E-state index contributed by atoms with van der Waals surface area (Å²) in [6.45, 7) is 2.05. The molecule has 1 aliphatic rings. The molecule has 0 unspecified atom stereocenters. The highest BCUT2D eigenvalue weighted by Gasteiger charge is 2.40. The maximum Gasteiger partial charge on any atom is 0.325 e. The highest BCUT2D eigenvalue weighted by atomic mass is 35.5. The molecule has 1 aliphatic heterocycles. The second-order valence-corrected chi connectivity index (χ2v) is 9.58. The van der Waals surface area contributed by atoms with E-state index in [1.54, 1.807) is 49.6 Å². The Hall–Kier alpha value is -3.59. The van der Waals surface area contributed by atoms with E-state index >= 15 is 0 Å². The van der Waals surface area contributed by atoms with Crippen LogP contribution in [0, 0.1) is 6.92 Å². The minimum atomic E-state index is -0.557. The number of ether oxygens (including phenoxy) is 3. The average molecular weight is 571 g/mol. The van der Waals surface area contributed by atoms with Gasteiger partial charge >= 0.3 is 5.97 Å². The molecule has 1 saturated heterocycles. The first-order chi connectivity index (χ1) is 18.2. The number of esters is 1. The Morgan fingerprint density at radius 2 is 1.63 bits per heavy atom. The summed E-state index contributed by atoms with van der Waals surface area (Å²) >= 11 is 18.6. The Bertz CT molecular complexity index is 1380. The van der Waals surface area contributed by atoms with Crippen LogP contribution in [0.5, 0.6) is 11.5 Å². The van der Waals surface area contributed by atoms with E-state index in [0.717, 1.165) is 11.1 Å². The van der Waals surface area contributed by atoms with Crippen molar-refractivity contribution in [2.45, 2.75) is 13.5 Å². The van der Waals surface area contributed by atoms with Crippen LogP contribution in [0.2, 0.25) is 10.0 Å². The summed E-state index contributed by atoms with van der Waals surface area (Å²) in [5.74, 6) is -0.0207. The van der Waals surface area contributed by atoms with Crippen molar-refractivity contribution in [1.82, 2.24) is 4.90 Å². The van der Waals surface area contributed by atoms with Gasteiger partial charge < -0.3 is 19.1 Å². The van der Waals surface area contributed by atoms with E-state index in [4.69, 9.17) is 49.6 Å². The zero-order valence-electron chi connectivity index (χ0n) is 20.9. The standard InChI is InChI=1S/C28H24Cl2N2O5S/c1-17-4-6-18(7-5-17)16-37-26-22(29)12-19(13-23(26)30)14-24-27(34)32(20-8-10-21(35-2)11-9-20)28(38)31(24)15-25(33)36-3/h4-14H,15-16H2,1-3H3/b24-14-. The largest absolute Gasteiger partial charge is 0.497 e. The highest BCUT2D eigenvalue weighted by Crippen LogP contribution is 2.37. The van der Waals surface area contributed by atoms with Gasteiger partial charge in [0.25, 0.3) is 5.91 Å². The van der Waals surface area contributed by atoms with E-state index in [-0.39, 0.29) is 34.0 Å². The van der Waals surface area contributed by atoms with Crippen molar-refractivity contribution in [1.29, 1.82) is 0 Å². The second kappa shape index (κ2) is 11.9. The number of methoxy groups -OCH3 is 2.